The monoisotopic (exact) mass is 397 g/mol. The van der Waals surface area contributed by atoms with Crippen LogP contribution >= 0.6 is 0 Å². The Morgan fingerprint density at radius 1 is 1.25 bits per heavy atom. The predicted molar refractivity (Wildman–Crippen MR) is 112 cm³/mol. The van der Waals surface area contributed by atoms with Gasteiger partial charge in [0.05, 0.1) is 19.8 Å². The average molecular weight is 398 g/mol. The quantitative estimate of drug-likeness (QED) is 0.329. The zero-order valence-corrected chi connectivity index (χ0v) is 18.2. The van der Waals surface area contributed by atoms with Crippen LogP contribution in [0.2, 0.25) is 0 Å². The van der Waals surface area contributed by atoms with Crippen LogP contribution in [0.3, 0.4) is 0 Å². The number of rotatable bonds is 10. The number of hydrogen-bond donors (Lipinski definition) is 1. The highest BCUT2D eigenvalue weighted by molar-refractivity contribution is 5.85. The maximum atomic E-state index is 12.0. The summed E-state index contributed by atoms with van der Waals surface area (Å²) in [6.07, 6.45) is 3.57. The van der Waals surface area contributed by atoms with Crippen LogP contribution in [-0.2, 0) is 14.3 Å². The third-order valence-corrected chi connectivity index (χ3v) is 5.63. The number of likely N-dealkylation sites (tertiary alicyclic amines) is 2. The molecule has 8 heteroatoms. The Labute approximate surface area is 170 Å². The topological polar surface area (TPSA) is 69.6 Å². The SMILES string of the molecule is CCN1CCCC1CNC(=NCC(=O)N(C)C)N1CCC(COCCOC)C1. The first-order valence-corrected chi connectivity index (χ1v) is 10.6. The smallest absolute Gasteiger partial charge is 0.243 e. The zero-order valence-electron chi connectivity index (χ0n) is 18.2. The normalized spacial score (nSPS) is 23.4. The molecule has 2 aliphatic heterocycles. The largest absolute Gasteiger partial charge is 0.382 e. The molecule has 0 aromatic heterocycles. The number of carbonyl (C=O) groups excluding carboxylic acids is 1. The van der Waals surface area contributed by atoms with Gasteiger partial charge in [-0.1, -0.05) is 6.92 Å². The first-order valence-electron chi connectivity index (χ1n) is 10.6. The molecular formula is C20H39N5O3. The van der Waals surface area contributed by atoms with Gasteiger partial charge in [0, 0.05) is 52.8 Å². The summed E-state index contributed by atoms with van der Waals surface area (Å²) in [7, 11) is 5.23. The summed E-state index contributed by atoms with van der Waals surface area (Å²) < 4.78 is 10.7. The van der Waals surface area contributed by atoms with Gasteiger partial charge in [-0.25, -0.2) is 4.99 Å². The highest BCUT2D eigenvalue weighted by Gasteiger charge is 2.27. The minimum Gasteiger partial charge on any atom is -0.382 e. The standard InChI is InChI=1S/C20H39N5O3/c1-5-24-9-6-7-18(24)13-21-20(22-14-19(26)23(2)3)25-10-8-17(15-25)16-28-12-11-27-4/h17-18H,5-16H2,1-4H3,(H,21,22). The summed E-state index contributed by atoms with van der Waals surface area (Å²) >= 11 is 0. The van der Waals surface area contributed by atoms with E-state index in [-0.39, 0.29) is 12.5 Å². The molecule has 0 saturated carbocycles. The lowest BCUT2D eigenvalue weighted by molar-refractivity contribution is -0.127. The molecule has 2 unspecified atom stereocenters. The lowest BCUT2D eigenvalue weighted by Crippen LogP contribution is -2.46. The highest BCUT2D eigenvalue weighted by Crippen LogP contribution is 2.18. The highest BCUT2D eigenvalue weighted by atomic mass is 16.5. The van der Waals surface area contributed by atoms with E-state index in [4.69, 9.17) is 9.47 Å². The Morgan fingerprint density at radius 3 is 2.79 bits per heavy atom. The van der Waals surface area contributed by atoms with E-state index >= 15 is 0 Å². The Bertz CT molecular complexity index is 500. The van der Waals surface area contributed by atoms with Crippen molar-refractivity contribution in [3.63, 3.8) is 0 Å². The number of nitrogens with one attached hydrogen (secondary N) is 1. The third-order valence-electron chi connectivity index (χ3n) is 5.63. The number of amides is 1. The number of hydrogen-bond acceptors (Lipinski definition) is 5. The number of ether oxygens (including phenoxy) is 2. The second-order valence-electron chi connectivity index (χ2n) is 7.90. The van der Waals surface area contributed by atoms with E-state index in [0.29, 0.717) is 25.2 Å². The fourth-order valence-electron chi connectivity index (χ4n) is 3.86. The van der Waals surface area contributed by atoms with Gasteiger partial charge in [0.25, 0.3) is 0 Å². The van der Waals surface area contributed by atoms with Crippen LogP contribution in [0.1, 0.15) is 26.2 Å². The second kappa shape index (κ2) is 12.2. The number of nitrogens with zero attached hydrogens (tertiary/aromatic N) is 4. The van der Waals surface area contributed by atoms with E-state index in [9.17, 15) is 4.79 Å². The molecule has 2 atom stereocenters. The lowest BCUT2D eigenvalue weighted by atomic mass is 10.1. The molecule has 0 aliphatic carbocycles. The molecule has 162 valence electrons. The van der Waals surface area contributed by atoms with Crippen molar-refractivity contribution >= 4 is 11.9 Å². The first kappa shape index (κ1) is 22.9. The molecule has 0 radical (unpaired) electrons. The van der Waals surface area contributed by atoms with Crippen LogP contribution < -0.4 is 5.32 Å². The van der Waals surface area contributed by atoms with Gasteiger partial charge < -0.3 is 24.6 Å². The summed E-state index contributed by atoms with van der Waals surface area (Å²) in [5.74, 6) is 1.37. The van der Waals surface area contributed by atoms with Crippen LogP contribution in [0.4, 0.5) is 0 Å². The number of guanidine groups is 1. The Kier molecular flexibility index (Phi) is 10.0. The lowest BCUT2D eigenvalue weighted by Gasteiger charge is -2.27. The molecule has 1 N–H and O–H groups in total. The van der Waals surface area contributed by atoms with Gasteiger partial charge in [-0.3, -0.25) is 9.69 Å². The first-order chi connectivity index (χ1) is 13.5. The van der Waals surface area contributed by atoms with Crippen LogP contribution in [-0.4, -0.2) is 113 Å². The number of likely N-dealkylation sites (N-methyl/N-ethyl adjacent to an activating group) is 2. The van der Waals surface area contributed by atoms with E-state index in [0.717, 1.165) is 45.2 Å². The molecule has 2 rings (SSSR count). The molecule has 2 aliphatic rings. The van der Waals surface area contributed by atoms with Crippen molar-refractivity contribution in [3.05, 3.63) is 0 Å². The minimum atomic E-state index is 0.0222. The van der Waals surface area contributed by atoms with E-state index in [1.807, 2.05) is 0 Å². The summed E-state index contributed by atoms with van der Waals surface area (Å²) in [6, 6.07) is 0.551. The van der Waals surface area contributed by atoms with Crippen molar-refractivity contribution in [1.29, 1.82) is 0 Å². The number of methoxy groups -OCH3 is 1. The van der Waals surface area contributed by atoms with Crippen molar-refractivity contribution in [2.24, 2.45) is 10.9 Å². The predicted octanol–water partition coefficient (Wildman–Crippen LogP) is 0.489. The Balaban J connectivity index is 1.90. The van der Waals surface area contributed by atoms with Gasteiger partial charge in [0.2, 0.25) is 5.91 Å². The van der Waals surface area contributed by atoms with E-state index in [2.05, 4.69) is 27.0 Å². The molecule has 2 fully saturated rings. The fourth-order valence-corrected chi connectivity index (χ4v) is 3.86. The van der Waals surface area contributed by atoms with Crippen molar-refractivity contribution in [2.75, 3.05) is 80.3 Å². The van der Waals surface area contributed by atoms with Gasteiger partial charge in [-0.05, 0) is 32.4 Å². The van der Waals surface area contributed by atoms with Gasteiger partial charge >= 0.3 is 0 Å². The second-order valence-corrected chi connectivity index (χ2v) is 7.90. The van der Waals surface area contributed by atoms with Crippen molar-refractivity contribution in [3.8, 4) is 0 Å². The van der Waals surface area contributed by atoms with Gasteiger partial charge in [-0.15, -0.1) is 0 Å². The minimum absolute atomic E-state index is 0.0222. The molecule has 0 bridgehead atoms. The van der Waals surface area contributed by atoms with Crippen LogP contribution in [0.25, 0.3) is 0 Å². The van der Waals surface area contributed by atoms with Crippen molar-refractivity contribution in [1.82, 2.24) is 20.0 Å². The number of aliphatic imine (C=N–C) groups is 1. The Morgan fingerprint density at radius 2 is 2.07 bits per heavy atom. The van der Waals surface area contributed by atoms with Crippen molar-refractivity contribution in [2.45, 2.75) is 32.2 Å². The average Bonchev–Trinajstić information content (AvgIpc) is 3.34. The summed E-state index contributed by atoms with van der Waals surface area (Å²) in [5, 5.41) is 3.56. The van der Waals surface area contributed by atoms with Crippen LogP contribution in [0.15, 0.2) is 4.99 Å². The van der Waals surface area contributed by atoms with Gasteiger partial charge in [0.15, 0.2) is 5.96 Å². The summed E-state index contributed by atoms with van der Waals surface area (Å²) in [4.78, 5) is 23.1. The van der Waals surface area contributed by atoms with E-state index < -0.39 is 0 Å². The zero-order chi connectivity index (χ0) is 20.4. The van der Waals surface area contributed by atoms with Crippen LogP contribution in [0, 0.1) is 5.92 Å². The van der Waals surface area contributed by atoms with Gasteiger partial charge in [0.1, 0.15) is 6.54 Å². The summed E-state index contributed by atoms with van der Waals surface area (Å²) in [5.41, 5.74) is 0. The molecule has 2 saturated heterocycles. The summed E-state index contributed by atoms with van der Waals surface area (Å²) in [6.45, 7) is 9.43. The van der Waals surface area contributed by atoms with E-state index in [1.165, 1.54) is 19.4 Å². The van der Waals surface area contributed by atoms with Gasteiger partial charge in [-0.2, -0.15) is 0 Å². The maximum Gasteiger partial charge on any atom is 0.243 e. The fraction of sp³-hybridized carbons (Fsp3) is 0.900. The molecular weight excluding hydrogens is 358 g/mol. The Hall–Kier alpha value is -1.38. The maximum absolute atomic E-state index is 12.0. The number of carbonyl (C=O) groups is 1. The molecule has 0 spiro atoms. The molecule has 2 heterocycles. The molecule has 1 amide bonds. The molecule has 0 aromatic rings. The van der Waals surface area contributed by atoms with Crippen LogP contribution in [0.5, 0.6) is 0 Å². The molecule has 0 aromatic carbocycles. The van der Waals surface area contributed by atoms with Crippen molar-refractivity contribution < 1.29 is 14.3 Å². The third kappa shape index (κ3) is 7.22. The molecule has 28 heavy (non-hydrogen) atoms. The molecule has 8 nitrogen and oxygen atoms in total. The van der Waals surface area contributed by atoms with E-state index in [1.54, 1.807) is 26.1 Å².